The zero-order chi connectivity index (χ0) is 12.0. The highest BCUT2D eigenvalue weighted by atomic mass is 16.4. The Hall–Kier alpha value is -1.10. The third kappa shape index (κ3) is 3.48. The quantitative estimate of drug-likeness (QED) is 0.568. The first-order chi connectivity index (χ1) is 7.66. The van der Waals surface area contributed by atoms with Crippen molar-refractivity contribution >= 4 is 11.9 Å². The Kier molecular flexibility index (Phi) is 5.25. The largest absolute Gasteiger partial charge is 0.481 e. The summed E-state index contributed by atoms with van der Waals surface area (Å²) in [5.74, 6) is -1.75. The van der Waals surface area contributed by atoms with Crippen LogP contribution in [-0.4, -0.2) is 37.1 Å². The first-order valence-electron chi connectivity index (χ1n) is 5.82. The number of nitrogens with one attached hydrogen (secondary N) is 2. The van der Waals surface area contributed by atoms with Gasteiger partial charge in [-0.2, -0.15) is 0 Å². The van der Waals surface area contributed by atoms with Gasteiger partial charge in [0.05, 0.1) is 11.8 Å². The number of carbonyl (C=O) groups excluding carboxylic acids is 1. The van der Waals surface area contributed by atoms with Crippen LogP contribution in [0.5, 0.6) is 0 Å². The molecular weight excluding hydrogens is 208 g/mol. The maximum atomic E-state index is 11.7. The van der Waals surface area contributed by atoms with E-state index in [-0.39, 0.29) is 11.8 Å². The van der Waals surface area contributed by atoms with Crippen LogP contribution in [0, 0.1) is 11.8 Å². The molecule has 5 nitrogen and oxygen atoms in total. The SMILES string of the molecule is CNCCCNC(=O)C1CCCC1C(=O)O. The molecule has 16 heavy (non-hydrogen) atoms. The summed E-state index contributed by atoms with van der Waals surface area (Å²) in [6, 6.07) is 0. The van der Waals surface area contributed by atoms with Gasteiger partial charge in [0.2, 0.25) is 5.91 Å². The van der Waals surface area contributed by atoms with Crippen LogP contribution in [0.1, 0.15) is 25.7 Å². The summed E-state index contributed by atoms with van der Waals surface area (Å²) < 4.78 is 0. The molecule has 2 unspecified atom stereocenters. The molecule has 3 N–H and O–H groups in total. The van der Waals surface area contributed by atoms with Crippen molar-refractivity contribution in [2.75, 3.05) is 20.1 Å². The minimum absolute atomic E-state index is 0.0963. The predicted molar refractivity (Wildman–Crippen MR) is 60.0 cm³/mol. The van der Waals surface area contributed by atoms with Gasteiger partial charge in [0.15, 0.2) is 0 Å². The smallest absolute Gasteiger partial charge is 0.307 e. The fourth-order valence-electron chi connectivity index (χ4n) is 2.18. The summed E-state index contributed by atoms with van der Waals surface area (Å²) >= 11 is 0. The lowest BCUT2D eigenvalue weighted by Gasteiger charge is -2.15. The summed E-state index contributed by atoms with van der Waals surface area (Å²) in [5, 5.41) is 14.7. The van der Waals surface area contributed by atoms with Crippen LogP contribution in [0.25, 0.3) is 0 Å². The minimum Gasteiger partial charge on any atom is -0.481 e. The zero-order valence-corrected chi connectivity index (χ0v) is 9.66. The molecule has 1 saturated carbocycles. The van der Waals surface area contributed by atoms with Gasteiger partial charge >= 0.3 is 5.97 Å². The van der Waals surface area contributed by atoms with Crippen molar-refractivity contribution in [2.45, 2.75) is 25.7 Å². The molecule has 1 aliphatic carbocycles. The van der Waals surface area contributed by atoms with Gasteiger partial charge in [0.1, 0.15) is 0 Å². The first-order valence-corrected chi connectivity index (χ1v) is 5.82. The molecule has 0 saturated heterocycles. The number of hydrogen-bond acceptors (Lipinski definition) is 3. The minimum atomic E-state index is -0.840. The molecule has 1 rings (SSSR count). The van der Waals surface area contributed by atoms with Crippen LogP contribution >= 0.6 is 0 Å². The Morgan fingerprint density at radius 1 is 1.25 bits per heavy atom. The van der Waals surface area contributed by atoms with Crippen LogP contribution in [0.15, 0.2) is 0 Å². The van der Waals surface area contributed by atoms with E-state index in [1.807, 2.05) is 7.05 Å². The van der Waals surface area contributed by atoms with Gasteiger partial charge in [-0.25, -0.2) is 0 Å². The topological polar surface area (TPSA) is 78.4 Å². The molecule has 1 amide bonds. The van der Waals surface area contributed by atoms with Gasteiger partial charge in [-0.15, -0.1) is 0 Å². The number of hydrogen-bond donors (Lipinski definition) is 3. The molecule has 0 bridgehead atoms. The molecule has 0 spiro atoms. The van der Waals surface area contributed by atoms with Crippen molar-refractivity contribution in [3.05, 3.63) is 0 Å². The second kappa shape index (κ2) is 6.48. The lowest BCUT2D eigenvalue weighted by molar-refractivity contribution is -0.146. The first kappa shape index (κ1) is 13.0. The van der Waals surface area contributed by atoms with Gasteiger partial charge in [0, 0.05) is 6.54 Å². The monoisotopic (exact) mass is 228 g/mol. The van der Waals surface area contributed by atoms with Crippen LogP contribution < -0.4 is 10.6 Å². The highest BCUT2D eigenvalue weighted by Crippen LogP contribution is 2.31. The second-order valence-electron chi connectivity index (χ2n) is 4.23. The van der Waals surface area contributed by atoms with E-state index in [0.29, 0.717) is 19.4 Å². The van der Waals surface area contributed by atoms with E-state index < -0.39 is 11.9 Å². The molecule has 2 atom stereocenters. The lowest BCUT2D eigenvalue weighted by atomic mass is 9.95. The standard InChI is InChI=1S/C11H20N2O3/c1-12-6-3-7-13-10(14)8-4-2-5-9(8)11(15)16/h8-9,12H,2-7H2,1H3,(H,13,14)(H,15,16). The Balaban J connectivity index is 2.32. The molecule has 0 aliphatic heterocycles. The molecule has 92 valence electrons. The van der Waals surface area contributed by atoms with Gasteiger partial charge in [-0.05, 0) is 32.9 Å². The average Bonchev–Trinajstić information content (AvgIpc) is 2.73. The number of carboxylic acid groups (broad SMARTS) is 1. The van der Waals surface area contributed by atoms with Crippen molar-refractivity contribution in [3.63, 3.8) is 0 Å². The van der Waals surface area contributed by atoms with Crippen LogP contribution in [0.2, 0.25) is 0 Å². The molecule has 0 aromatic carbocycles. The fraction of sp³-hybridized carbons (Fsp3) is 0.818. The Morgan fingerprint density at radius 2 is 1.94 bits per heavy atom. The van der Waals surface area contributed by atoms with Gasteiger partial charge in [-0.3, -0.25) is 9.59 Å². The van der Waals surface area contributed by atoms with Crippen molar-refractivity contribution in [3.8, 4) is 0 Å². The molecule has 0 radical (unpaired) electrons. The third-order valence-electron chi connectivity index (χ3n) is 3.07. The molecule has 1 fully saturated rings. The number of rotatable bonds is 6. The number of carbonyl (C=O) groups is 2. The highest BCUT2D eigenvalue weighted by molar-refractivity contribution is 5.85. The van der Waals surface area contributed by atoms with Crippen LogP contribution in [0.4, 0.5) is 0 Å². The van der Waals surface area contributed by atoms with E-state index in [1.165, 1.54) is 0 Å². The number of carboxylic acids is 1. The fourth-order valence-corrected chi connectivity index (χ4v) is 2.18. The molecule has 0 aromatic rings. The van der Waals surface area contributed by atoms with E-state index in [0.717, 1.165) is 19.4 Å². The van der Waals surface area contributed by atoms with Crippen molar-refractivity contribution in [2.24, 2.45) is 11.8 Å². The predicted octanol–water partition coefficient (Wildman–Crippen LogP) is 0.213. The molecule has 1 aliphatic rings. The Labute approximate surface area is 95.6 Å². The van der Waals surface area contributed by atoms with Crippen molar-refractivity contribution in [1.82, 2.24) is 10.6 Å². The van der Waals surface area contributed by atoms with E-state index in [9.17, 15) is 9.59 Å². The van der Waals surface area contributed by atoms with Crippen LogP contribution in [0.3, 0.4) is 0 Å². The molecular formula is C11H20N2O3. The summed E-state index contributed by atoms with van der Waals surface area (Å²) in [6.07, 6.45) is 3.04. The Bertz CT molecular complexity index is 256. The Morgan fingerprint density at radius 3 is 2.56 bits per heavy atom. The number of aliphatic carboxylic acids is 1. The third-order valence-corrected chi connectivity index (χ3v) is 3.07. The second-order valence-corrected chi connectivity index (χ2v) is 4.23. The average molecular weight is 228 g/mol. The summed E-state index contributed by atoms with van der Waals surface area (Å²) in [4.78, 5) is 22.6. The van der Waals surface area contributed by atoms with Gasteiger partial charge in [0.25, 0.3) is 0 Å². The van der Waals surface area contributed by atoms with Crippen molar-refractivity contribution < 1.29 is 14.7 Å². The highest BCUT2D eigenvalue weighted by Gasteiger charge is 2.37. The summed E-state index contributed by atoms with van der Waals surface area (Å²) in [7, 11) is 1.86. The summed E-state index contributed by atoms with van der Waals surface area (Å²) in [6.45, 7) is 1.47. The maximum absolute atomic E-state index is 11.7. The molecule has 0 heterocycles. The zero-order valence-electron chi connectivity index (χ0n) is 9.66. The van der Waals surface area contributed by atoms with E-state index in [1.54, 1.807) is 0 Å². The normalized spacial score (nSPS) is 24.3. The molecule has 5 heteroatoms. The van der Waals surface area contributed by atoms with E-state index in [2.05, 4.69) is 10.6 Å². The van der Waals surface area contributed by atoms with E-state index in [4.69, 9.17) is 5.11 Å². The maximum Gasteiger partial charge on any atom is 0.307 e. The van der Waals surface area contributed by atoms with Gasteiger partial charge in [-0.1, -0.05) is 6.42 Å². The summed E-state index contributed by atoms with van der Waals surface area (Å²) in [5.41, 5.74) is 0. The molecule has 0 aromatic heterocycles. The van der Waals surface area contributed by atoms with Gasteiger partial charge < -0.3 is 15.7 Å². The number of amides is 1. The van der Waals surface area contributed by atoms with Crippen molar-refractivity contribution in [1.29, 1.82) is 0 Å². The van der Waals surface area contributed by atoms with E-state index >= 15 is 0 Å². The van der Waals surface area contributed by atoms with Crippen LogP contribution in [-0.2, 0) is 9.59 Å². The lowest BCUT2D eigenvalue weighted by Crippen LogP contribution is -2.36.